The van der Waals surface area contributed by atoms with Crippen LogP contribution < -0.4 is 49.5 Å². The fraction of sp³-hybridized carbons (Fsp3) is 0.185. The van der Waals surface area contributed by atoms with E-state index in [9.17, 15) is 24.3 Å². The van der Waals surface area contributed by atoms with Crippen LogP contribution in [0.2, 0.25) is 10.0 Å². The SMILES string of the molecule is O=C(Nc1ccc2c(c1)OCO2)C1C(c2ccc(Cl)c(Cl)c2)OC2(C(=O)c3ccccc3C2=O)C1C(=O)[O-].[Na+]. The molecule has 1 saturated heterocycles. The first-order valence-corrected chi connectivity index (χ1v) is 12.2. The summed E-state index contributed by atoms with van der Waals surface area (Å²) < 4.78 is 16.7. The minimum Gasteiger partial charge on any atom is -0.550 e. The molecule has 1 spiro atoms. The predicted octanol–water partition coefficient (Wildman–Crippen LogP) is 0.236. The van der Waals surface area contributed by atoms with Crippen LogP contribution in [0.3, 0.4) is 0 Å². The molecule has 1 aliphatic carbocycles. The molecular weight excluding hydrogens is 560 g/mol. The van der Waals surface area contributed by atoms with Gasteiger partial charge in [0.25, 0.3) is 0 Å². The number of carboxylic acids is 1. The Hall–Kier alpha value is -2.92. The maximum atomic E-state index is 13.8. The molecule has 3 aromatic carbocycles. The minimum absolute atomic E-state index is 0. The second kappa shape index (κ2) is 10.2. The number of carbonyl (C=O) groups excluding carboxylic acids is 4. The first kappa shape index (κ1) is 27.6. The molecule has 0 aromatic heterocycles. The van der Waals surface area contributed by atoms with Crippen molar-refractivity contribution in [2.45, 2.75) is 11.7 Å². The average molecular weight is 576 g/mol. The molecule has 1 N–H and O–H groups in total. The molecule has 192 valence electrons. The number of hydrogen-bond acceptors (Lipinski definition) is 8. The molecule has 0 saturated carbocycles. The fourth-order valence-corrected chi connectivity index (χ4v) is 5.62. The van der Waals surface area contributed by atoms with Crippen LogP contribution in [0.25, 0.3) is 0 Å². The van der Waals surface area contributed by atoms with E-state index in [0.717, 1.165) is 0 Å². The fourth-order valence-electron chi connectivity index (χ4n) is 5.31. The quantitative estimate of drug-likeness (QED) is 0.346. The molecule has 3 unspecified atom stereocenters. The van der Waals surface area contributed by atoms with Gasteiger partial charge in [-0.2, -0.15) is 0 Å². The Bertz CT molecular complexity index is 1530. The molecule has 2 aliphatic heterocycles. The van der Waals surface area contributed by atoms with E-state index in [1.807, 2.05) is 0 Å². The number of carbonyl (C=O) groups is 4. The zero-order valence-electron chi connectivity index (χ0n) is 20.2. The van der Waals surface area contributed by atoms with Gasteiger partial charge >= 0.3 is 29.6 Å². The number of rotatable bonds is 4. The number of amides is 1. The van der Waals surface area contributed by atoms with Crippen molar-refractivity contribution in [3.63, 3.8) is 0 Å². The maximum absolute atomic E-state index is 13.8. The Balaban J connectivity index is 0.00000308. The van der Waals surface area contributed by atoms with Crippen molar-refractivity contribution in [2.24, 2.45) is 11.8 Å². The van der Waals surface area contributed by atoms with Crippen molar-refractivity contribution in [2.75, 3.05) is 12.1 Å². The third-order valence-corrected chi connectivity index (χ3v) is 7.74. The molecule has 3 atom stereocenters. The van der Waals surface area contributed by atoms with E-state index in [1.54, 1.807) is 24.3 Å². The summed E-state index contributed by atoms with van der Waals surface area (Å²) in [6, 6.07) is 14.9. The second-order valence-corrected chi connectivity index (χ2v) is 9.85. The molecule has 1 amide bonds. The Morgan fingerprint density at radius 1 is 0.897 bits per heavy atom. The monoisotopic (exact) mass is 575 g/mol. The van der Waals surface area contributed by atoms with Gasteiger partial charge < -0.3 is 29.4 Å². The molecule has 0 radical (unpaired) electrons. The number of ketones is 2. The van der Waals surface area contributed by atoms with Gasteiger partial charge in [-0.1, -0.05) is 53.5 Å². The van der Waals surface area contributed by atoms with Crippen molar-refractivity contribution in [1.82, 2.24) is 0 Å². The smallest absolute Gasteiger partial charge is 0.550 e. The normalized spacial score (nSPS) is 21.9. The van der Waals surface area contributed by atoms with Gasteiger partial charge in [0.15, 0.2) is 11.5 Å². The summed E-state index contributed by atoms with van der Waals surface area (Å²) in [6.07, 6.45) is -1.36. The zero-order valence-corrected chi connectivity index (χ0v) is 23.7. The number of hydrogen-bond donors (Lipinski definition) is 1. The van der Waals surface area contributed by atoms with E-state index in [1.165, 1.54) is 36.4 Å². The van der Waals surface area contributed by atoms with Gasteiger partial charge in [-0.25, -0.2) is 0 Å². The van der Waals surface area contributed by atoms with Crippen molar-refractivity contribution in [3.8, 4) is 11.5 Å². The topological polar surface area (TPSA) is 131 Å². The number of fused-ring (bicyclic) bond motifs is 2. The average Bonchev–Trinajstić information content (AvgIpc) is 3.57. The molecular formula is C27H16Cl2NNaO8. The Morgan fingerprint density at radius 3 is 2.21 bits per heavy atom. The molecule has 3 aliphatic rings. The van der Waals surface area contributed by atoms with Crippen LogP contribution in [-0.2, 0) is 14.3 Å². The van der Waals surface area contributed by atoms with Gasteiger partial charge in [-0.3, -0.25) is 14.4 Å². The van der Waals surface area contributed by atoms with Crippen LogP contribution in [0.4, 0.5) is 5.69 Å². The van der Waals surface area contributed by atoms with E-state index in [4.69, 9.17) is 37.4 Å². The van der Waals surface area contributed by atoms with E-state index in [2.05, 4.69) is 5.32 Å². The van der Waals surface area contributed by atoms with Gasteiger partial charge in [0.2, 0.25) is 29.9 Å². The molecule has 2 heterocycles. The standard InChI is InChI=1S/C27H17Cl2NO8.Na/c28-16-7-5-12(9-17(16)29)22-20(25(33)30-13-6-8-18-19(10-13)37-11-36-18)21(26(34)35)27(38-22)23(31)14-3-1-2-4-15(14)24(27)32;/h1-10,20-22H,11H2,(H,30,33)(H,34,35);/q;+1/p-1. The Morgan fingerprint density at radius 2 is 1.56 bits per heavy atom. The molecule has 6 rings (SSSR count). The number of halogens is 2. The summed E-state index contributed by atoms with van der Waals surface area (Å²) in [5, 5.41) is 15.6. The minimum atomic E-state index is -2.50. The summed E-state index contributed by atoms with van der Waals surface area (Å²) in [5.41, 5.74) is -1.96. The van der Waals surface area contributed by atoms with E-state index < -0.39 is 47.0 Å². The van der Waals surface area contributed by atoms with Crippen LogP contribution in [0.15, 0.2) is 60.7 Å². The van der Waals surface area contributed by atoms with Crippen LogP contribution in [-0.4, -0.2) is 35.8 Å². The van der Waals surface area contributed by atoms with Gasteiger partial charge in [0, 0.05) is 28.8 Å². The molecule has 39 heavy (non-hydrogen) atoms. The van der Waals surface area contributed by atoms with Gasteiger partial charge in [0.1, 0.15) is 0 Å². The largest absolute Gasteiger partial charge is 1.00 e. The molecule has 3 aromatic rings. The van der Waals surface area contributed by atoms with E-state index >= 15 is 0 Å². The van der Waals surface area contributed by atoms with Gasteiger partial charge in [-0.15, -0.1) is 0 Å². The van der Waals surface area contributed by atoms with Crippen molar-refractivity contribution in [3.05, 3.63) is 87.4 Å². The van der Waals surface area contributed by atoms with Crippen molar-refractivity contribution in [1.29, 1.82) is 0 Å². The summed E-state index contributed by atoms with van der Waals surface area (Å²) in [5.74, 6) is -6.96. The number of nitrogens with one attached hydrogen (secondary N) is 1. The van der Waals surface area contributed by atoms with Crippen LogP contribution >= 0.6 is 23.2 Å². The van der Waals surface area contributed by atoms with Gasteiger partial charge in [0.05, 0.1) is 28.0 Å². The number of anilines is 1. The summed E-state index contributed by atoms with van der Waals surface area (Å²) in [6.45, 7) is 0.0165. The number of ether oxygens (including phenoxy) is 3. The Labute approximate surface area is 253 Å². The molecule has 9 nitrogen and oxygen atoms in total. The Kier molecular flexibility index (Phi) is 7.26. The van der Waals surface area contributed by atoms with Crippen molar-refractivity contribution >= 4 is 52.3 Å². The zero-order chi connectivity index (χ0) is 26.8. The number of carboxylic acid groups (broad SMARTS) is 1. The van der Waals surface area contributed by atoms with Crippen molar-refractivity contribution < 1.29 is 68.1 Å². The van der Waals surface area contributed by atoms with Crippen LogP contribution in [0, 0.1) is 11.8 Å². The summed E-state index contributed by atoms with van der Waals surface area (Å²) in [7, 11) is 0. The first-order chi connectivity index (χ1) is 18.2. The molecule has 1 fully saturated rings. The maximum Gasteiger partial charge on any atom is 1.00 e. The predicted molar refractivity (Wildman–Crippen MR) is 131 cm³/mol. The second-order valence-electron chi connectivity index (χ2n) is 9.03. The summed E-state index contributed by atoms with van der Waals surface area (Å²) >= 11 is 12.3. The van der Waals surface area contributed by atoms with E-state index in [0.29, 0.717) is 11.5 Å². The number of aliphatic carboxylic acids is 1. The number of Topliss-reactive ketones (excluding diaryl/α,β-unsaturated/α-hetero) is 2. The van der Waals surface area contributed by atoms with Crippen LogP contribution in [0.1, 0.15) is 32.4 Å². The third-order valence-electron chi connectivity index (χ3n) is 7.00. The molecule has 0 bridgehead atoms. The number of benzene rings is 3. The third kappa shape index (κ3) is 4.25. The van der Waals surface area contributed by atoms with Crippen LogP contribution in [0.5, 0.6) is 11.5 Å². The first-order valence-electron chi connectivity index (χ1n) is 11.4. The van der Waals surface area contributed by atoms with E-state index in [-0.39, 0.29) is 68.8 Å². The molecule has 12 heteroatoms. The van der Waals surface area contributed by atoms with Gasteiger partial charge in [-0.05, 0) is 29.8 Å². The summed E-state index contributed by atoms with van der Waals surface area (Å²) in [4.78, 5) is 53.7.